The zero-order valence-corrected chi connectivity index (χ0v) is 16.9. The van der Waals surface area contributed by atoms with E-state index in [1.54, 1.807) is 19.9 Å². The third-order valence-corrected chi connectivity index (χ3v) is 7.07. The Balaban J connectivity index is 1.73. The number of carbonyl (C=O) groups is 1. The quantitative estimate of drug-likeness (QED) is 0.644. The van der Waals surface area contributed by atoms with E-state index in [9.17, 15) is 13.2 Å². The van der Waals surface area contributed by atoms with Crippen LogP contribution in [-0.2, 0) is 16.3 Å². The van der Waals surface area contributed by atoms with Crippen LogP contribution >= 0.6 is 22.9 Å². The fraction of sp³-hybridized carbons (Fsp3) is 0.235. The molecule has 142 valence electrons. The molecule has 1 aromatic carbocycles. The molecule has 1 N–H and O–H groups in total. The lowest BCUT2D eigenvalue weighted by Crippen LogP contribution is -2.16. The molecule has 0 saturated carbocycles. The van der Waals surface area contributed by atoms with Gasteiger partial charge in [0.15, 0.2) is 9.84 Å². The van der Waals surface area contributed by atoms with Crippen molar-refractivity contribution in [3.05, 3.63) is 57.1 Å². The largest absolute Gasteiger partial charge is 0.407 e. The normalized spacial score (nSPS) is 11.7. The molecule has 3 aromatic rings. The van der Waals surface area contributed by atoms with Gasteiger partial charge in [-0.1, -0.05) is 22.8 Å². The molecular formula is C17H16ClN3O4S2. The Labute approximate surface area is 165 Å². The van der Waals surface area contributed by atoms with E-state index in [4.69, 9.17) is 16.0 Å². The Kier molecular flexibility index (Phi) is 5.64. The zero-order valence-electron chi connectivity index (χ0n) is 14.5. The average molecular weight is 426 g/mol. The molecular weight excluding hydrogens is 410 g/mol. The van der Waals surface area contributed by atoms with Gasteiger partial charge in [0.1, 0.15) is 0 Å². The van der Waals surface area contributed by atoms with Crippen molar-refractivity contribution in [1.29, 1.82) is 0 Å². The first-order valence-electron chi connectivity index (χ1n) is 7.97. The highest BCUT2D eigenvalue weighted by Crippen LogP contribution is 2.24. The summed E-state index contributed by atoms with van der Waals surface area (Å²) in [4.78, 5) is 13.4. The topological polar surface area (TPSA) is 102 Å². The van der Waals surface area contributed by atoms with Crippen molar-refractivity contribution < 1.29 is 17.6 Å². The molecule has 1 amide bonds. The van der Waals surface area contributed by atoms with Crippen LogP contribution in [0.1, 0.15) is 35.0 Å². The Bertz CT molecular complexity index is 1070. The van der Waals surface area contributed by atoms with E-state index in [0.717, 1.165) is 4.88 Å². The van der Waals surface area contributed by atoms with Crippen molar-refractivity contribution >= 4 is 44.7 Å². The van der Waals surface area contributed by atoms with Gasteiger partial charge in [-0.2, -0.15) is 0 Å². The molecule has 0 radical (unpaired) electrons. The molecule has 10 heteroatoms. The first-order chi connectivity index (χ1) is 12.8. The maximum absolute atomic E-state index is 12.4. The first kappa shape index (κ1) is 19.5. The van der Waals surface area contributed by atoms with Crippen LogP contribution in [0.15, 0.2) is 45.7 Å². The highest BCUT2D eigenvalue weighted by atomic mass is 35.5. The van der Waals surface area contributed by atoms with Crippen LogP contribution in [0.25, 0.3) is 0 Å². The lowest BCUT2D eigenvalue weighted by Gasteiger charge is -2.09. The van der Waals surface area contributed by atoms with Crippen LogP contribution in [0.4, 0.5) is 6.01 Å². The summed E-state index contributed by atoms with van der Waals surface area (Å²) in [6, 6.07) is 9.40. The summed E-state index contributed by atoms with van der Waals surface area (Å²) in [7, 11) is -3.48. The highest BCUT2D eigenvalue weighted by Gasteiger charge is 2.21. The Morgan fingerprint density at radius 1 is 1.26 bits per heavy atom. The van der Waals surface area contributed by atoms with Gasteiger partial charge in [-0.05, 0) is 44.2 Å². The Morgan fingerprint density at radius 2 is 2.04 bits per heavy atom. The zero-order chi connectivity index (χ0) is 19.6. The van der Waals surface area contributed by atoms with E-state index in [0.29, 0.717) is 16.6 Å². The van der Waals surface area contributed by atoms with Gasteiger partial charge < -0.3 is 4.42 Å². The molecule has 0 unspecified atom stereocenters. The van der Waals surface area contributed by atoms with Gasteiger partial charge in [-0.3, -0.25) is 10.1 Å². The molecule has 0 aliphatic rings. The van der Waals surface area contributed by atoms with Gasteiger partial charge >= 0.3 is 6.01 Å². The average Bonchev–Trinajstić information content (AvgIpc) is 3.24. The van der Waals surface area contributed by atoms with Crippen molar-refractivity contribution in [2.24, 2.45) is 0 Å². The van der Waals surface area contributed by atoms with Gasteiger partial charge in [-0.15, -0.1) is 16.4 Å². The van der Waals surface area contributed by atoms with Crippen LogP contribution in [0.2, 0.25) is 4.34 Å². The van der Waals surface area contributed by atoms with E-state index in [2.05, 4.69) is 15.5 Å². The molecule has 7 nitrogen and oxygen atoms in total. The van der Waals surface area contributed by atoms with Crippen LogP contribution in [0.5, 0.6) is 0 Å². The molecule has 0 atom stereocenters. The van der Waals surface area contributed by atoms with Gasteiger partial charge in [0.2, 0.25) is 5.89 Å². The van der Waals surface area contributed by atoms with Crippen molar-refractivity contribution in [1.82, 2.24) is 10.2 Å². The fourth-order valence-electron chi connectivity index (χ4n) is 2.23. The standard InChI is InChI=1S/C17H16ClN3O4S2/c1-10(2)27(23,24)13-5-3-4-11(8-13)16(22)19-17-21-20-15(25-17)9-12-6-7-14(18)26-12/h3-8,10H,9H2,1-2H3,(H,19,21,22). The molecule has 3 rings (SSSR count). The van der Waals surface area contributed by atoms with Gasteiger partial charge in [0.05, 0.1) is 20.9 Å². The first-order valence-corrected chi connectivity index (χ1v) is 10.7. The molecule has 0 aliphatic heterocycles. The molecule has 2 heterocycles. The Hall–Kier alpha value is -2.23. The second-order valence-electron chi connectivity index (χ2n) is 5.96. The van der Waals surface area contributed by atoms with E-state index in [-0.39, 0.29) is 16.5 Å². The molecule has 0 aliphatic carbocycles. The number of thiophene rings is 1. The number of benzene rings is 1. The predicted molar refractivity (Wildman–Crippen MR) is 103 cm³/mol. The van der Waals surface area contributed by atoms with Crippen molar-refractivity contribution in [3.8, 4) is 0 Å². The molecule has 27 heavy (non-hydrogen) atoms. The monoisotopic (exact) mass is 425 g/mol. The number of amides is 1. The third-order valence-electron chi connectivity index (χ3n) is 3.69. The van der Waals surface area contributed by atoms with Crippen LogP contribution < -0.4 is 5.32 Å². The van der Waals surface area contributed by atoms with Crippen molar-refractivity contribution in [2.75, 3.05) is 5.32 Å². The van der Waals surface area contributed by atoms with E-state index < -0.39 is 21.0 Å². The Morgan fingerprint density at radius 3 is 2.70 bits per heavy atom. The second kappa shape index (κ2) is 7.79. The van der Waals surface area contributed by atoms with Crippen molar-refractivity contribution in [2.45, 2.75) is 30.4 Å². The number of anilines is 1. The minimum Gasteiger partial charge on any atom is -0.407 e. The van der Waals surface area contributed by atoms with Gasteiger partial charge in [0, 0.05) is 10.4 Å². The number of nitrogens with one attached hydrogen (secondary N) is 1. The maximum atomic E-state index is 12.4. The van der Waals surface area contributed by atoms with Crippen molar-refractivity contribution in [3.63, 3.8) is 0 Å². The summed E-state index contributed by atoms with van der Waals surface area (Å²) in [5.41, 5.74) is 0.182. The van der Waals surface area contributed by atoms with Crippen LogP contribution in [-0.4, -0.2) is 29.8 Å². The summed E-state index contributed by atoms with van der Waals surface area (Å²) in [6.07, 6.45) is 0.405. The van der Waals surface area contributed by atoms with Crippen LogP contribution in [0, 0.1) is 0 Å². The number of sulfone groups is 1. The summed E-state index contributed by atoms with van der Waals surface area (Å²) in [6.45, 7) is 3.17. The smallest absolute Gasteiger partial charge is 0.322 e. The number of halogens is 1. The molecule has 0 saturated heterocycles. The summed E-state index contributed by atoms with van der Waals surface area (Å²) >= 11 is 7.29. The number of hydrogen-bond donors (Lipinski definition) is 1. The lowest BCUT2D eigenvalue weighted by atomic mass is 10.2. The van der Waals surface area contributed by atoms with Gasteiger partial charge in [-0.25, -0.2) is 8.42 Å². The SMILES string of the molecule is CC(C)S(=O)(=O)c1cccc(C(=O)Nc2nnc(Cc3ccc(Cl)s3)o2)c1. The minimum atomic E-state index is -3.48. The predicted octanol–water partition coefficient (Wildman–Crippen LogP) is 3.81. The minimum absolute atomic E-state index is 0.0604. The molecule has 0 spiro atoms. The number of aromatic nitrogens is 2. The molecule has 0 bridgehead atoms. The van der Waals surface area contributed by atoms with E-state index in [1.165, 1.54) is 35.6 Å². The number of rotatable bonds is 6. The van der Waals surface area contributed by atoms with Crippen LogP contribution in [0.3, 0.4) is 0 Å². The summed E-state index contributed by atoms with van der Waals surface area (Å²) in [5.74, 6) is -0.204. The molecule has 0 fully saturated rings. The number of carbonyl (C=O) groups excluding carboxylic acids is 1. The summed E-state index contributed by atoms with van der Waals surface area (Å²) < 4.78 is 30.6. The van der Waals surface area contributed by atoms with E-state index in [1.807, 2.05) is 6.07 Å². The lowest BCUT2D eigenvalue weighted by molar-refractivity contribution is 0.102. The van der Waals surface area contributed by atoms with E-state index >= 15 is 0 Å². The number of nitrogens with zero attached hydrogens (tertiary/aromatic N) is 2. The molecule has 2 aromatic heterocycles. The summed E-state index contributed by atoms with van der Waals surface area (Å²) in [5, 5.41) is 9.57. The maximum Gasteiger partial charge on any atom is 0.322 e. The number of hydrogen-bond acceptors (Lipinski definition) is 7. The second-order valence-corrected chi connectivity index (χ2v) is 10.3. The fourth-order valence-corrected chi connectivity index (χ4v) is 4.41. The van der Waals surface area contributed by atoms with Gasteiger partial charge in [0.25, 0.3) is 5.91 Å². The third kappa shape index (κ3) is 4.55. The highest BCUT2D eigenvalue weighted by molar-refractivity contribution is 7.92.